The van der Waals surface area contributed by atoms with Crippen molar-refractivity contribution in [2.75, 3.05) is 20.7 Å². The van der Waals surface area contributed by atoms with Crippen LogP contribution in [-0.2, 0) is 9.53 Å². The van der Waals surface area contributed by atoms with Crippen molar-refractivity contribution in [1.82, 2.24) is 14.7 Å². The van der Waals surface area contributed by atoms with Crippen molar-refractivity contribution in [3.05, 3.63) is 66.4 Å². The van der Waals surface area contributed by atoms with E-state index in [1.165, 1.54) is 0 Å². The number of benzene rings is 2. The highest BCUT2D eigenvalue weighted by atomic mass is 16.5. The van der Waals surface area contributed by atoms with E-state index in [-0.39, 0.29) is 18.0 Å². The second-order valence-corrected chi connectivity index (χ2v) is 6.90. The molecule has 1 fully saturated rings. The van der Waals surface area contributed by atoms with E-state index in [1.807, 2.05) is 54.6 Å². The molecule has 29 heavy (non-hydrogen) atoms. The number of esters is 1. The summed E-state index contributed by atoms with van der Waals surface area (Å²) in [4.78, 5) is 25.9. The number of nitrogens with zero attached hydrogens (tertiary/aromatic N) is 3. The molecule has 1 aliphatic heterocycles. The minimum atomic E-state index is -0.539. The minimum Gasteiger partial charge on any atom is -0.497 e. The standard InChI is InChI=1S/C22H21N3O4/c1-24-14-18(12-21(24)26)29-22(27)19-13-20(15-8-10-17(28-2)11-9-15)25(23-19)16-6-4-3-5-7-16/h3-11,13,18H,12,14H2,1-2H3. The van der Waals surface area contributed by atoms with Gasteiger partial charge in [-0.15, -0.1) is 0 Å². The summed E-state index contributed by atoms with van der Waals surface area (Å²) in [5.41, 5.74) is 2.66. The summed E-state index contributed by atoms with van der Waals surface area (Å²) in [5, 5.41) is 4.49. The maximum atomic E-state index is 12.7. The van der Waals surface area contributed by atoms with Gasteiger partial charge in [-0.05, 0) is 42.5 Å². The van der Waals surface area contributed by atoms with E-state index in [0.717, 1.165) is 22.7 Å². The van der Waals surface area contributed by atoms with Crippen LogP contribution in [0.15, 0.2) is 60.7 Å². The fourth-order valence-corrected chi connectivity index (χ4v) is 3.33. The van der Waals surface area contributed by atoms with E-state index in [4.69, 9.17) is 9.47 Å². The minimum absolute atomic E-state index is 0.0310. The third-order valence-electron chi connectivity index (χ3n) is 4.88. The number of likely N-dealkylation sites (tertiary alicyclic amines) is 1. The van der Waals surface area contributed by atoms with Crippen molar-refractivity contribution in [1.29, 1.82) is 0 Å². The van der Waals surface area contributed by atoms with Crippen molar-refractivity contribution in [3.8, 4) is 22.7 Å². The molecule has 0 aliphatic carbocycles. The number of aromatic nitrogens is 2. The molecular formula is C22H21N3O4. The van der Waals surface area contributed by atoms with Gasteiger partial charge >= 0.3 is 5.97 Å². The Morgan fingerprint density at radius 3 is 2.45 bits per heavy atom. The van der Waals surface area contributed by atoms with Crippen LogP contribution in [0.3, 0.4) is 0 Å². The van der Waals surface area contributed by atoms with Gasteiger partial charge < -0.3 is 14.4 Å². The molecule has 1 unspecified atom stereocenters. The fourth-order valence-electron chi connectivity index (χ4n) is 3.33. The van der Waals surface area contributed by atoms with Gasteiger partial charge in [0, 0.05) is 12.6 Å². The molecule has 3 aromatic rings. The molecule has 1 atom stereocenters. The first-order valence-corrected chi connectivity index (χ1v) is 9.30. The lowest BCUT2D eigenvalue weighted by Gasteiger charge is -2.10. The Kier molecular flexibility index (Phi) is 5.03. The lowest BCUT2D eigenvalue weighted by atomic mass is 10.1. The van der Waals surface area contributed by atoms with Gasteiger partial charge in [-0.3, -0.25) is 4.79 Å². The Balaban J connectivity index is 1.67. The van der Waals surface area contributed by atoms with Crippen molar-refractivity contribution >= 4 is 11.9 Å². The van der Waals surface area contributed by atoms with Gasteiger partial charge in [0.15, 0.2) is 5.69 Å². The molecule has 7 nitrogen and oxygen atoms in total. The summed E-state index contributed by atoms with van der Waals surface area (Å²) in [6.07, 6.45) is -0.251. The molecule has 1 saturated heterocycles. The largest absolute Gasteiger partial charge is 0.497 e. The summed E-state index contributed by atoms with van der Waals surface area (Å²) in [6, 6.07) is 18.8. The molecule has 4 rings (SSSR count). The molecular weight excluding hydrogens is 370 g/mol. The van der Waals surface area contributed by atoms with Crippen LogP contribution in [-0.4, -0.2) is 53.4 Å². The monoisotopic (exact) mass is 391 g/mol. The summed E-state index contributed by atoms with van der Waals surface area (Å²) in [6.45, 7) is 0.398. The molecule has 2 heterocycles. The highest BCUT2D eigenvalue weighted by Crippen LogP contribution is 2.27. The molecule has 148 valence electrons. The van der Waals surface area contributed by atoms with E-state index < -0.39 is 12.1 Å². The molecule has 1 aromatic heterocycles. The number of amides is 1. The molecule has 0 spiro atoms. The molecule has 1 aliphatic rings. The smallest absolute Gasteiger partial charge is 0.359 e. The predicted octanol–water partition coefficient (Wildman–Crippen LogP) is 2.94. The van der Waals surface area contributed by atoms with Crippen molar-refractivity contribution < 1.29 is 19.1 Å². The zero-order valence-electron chi connectivity index (χ0n) is 16.2. The van der Waals surface area contributed by atoms with E-state index in [0.29, 0.717) is 6.54 Å². The van der Waals surface area contributed by atoms with Crippen LogP contribution in [0.4, 0.5) is 0 Å². The van der Waals surface area contributed by atoms with Crippen molar-refractivity contribution in [2.24, 2.45) is 0 Å². The first kappa shape index (κ1) is 18.7. The number of hydrogen-bond donors (Lipinski definition) is 0. The van der Waals surface area contributed by atoms with E-state index in [2.05, 4.69) is 5.10 Å². The fraction of sp³-hybridized carbons (Fsp3) is 0.227. The van der Waals surface area contributed by atoms with Crippen LogP contribution in [0.2, 0.25) is 0 Å². The summed E-state index contributed by atoms with van der Waals surface area (Å²) < 4.78 is 12.5. The Morgan fingerprint density at radius 2 is 1.83 bits per heavy atom. The average molecular weight is 391 g/mol. The van der Waals surface area contributed by atoms with E-state index in [1.54, 1.807) is 29.8 Å². The van der Waals surface area contributed by atoms with Crippen LogP contribution >= 0.6 is 0 Å². The average Bonchev–Trinajstić information content (AvgIpc) is 3.32. The molecule has 0 radical (unpaired) electrons. The molecule has 0 saturated carbocycles. The zero-order valence-corrected chi connectivity index (χ0v) is 16.2. The van der Waals surface area contributed by atoms with E-state index >= 15 is 0 Å². The predicted molar refractivity (Wildman–Crippen MR) is 107 cm³/mol. The van der Waals surface area contributed by atoms with Crippen LogP contribution in [0.25, 0.3) is 16.9 Å². The number of carbonyl (C=O) groups excluding carboxylic acids is 2. The number of methoxy groups -OCH3 is 1. The lowest BCUT2D eigenvalue weighted by molar-refractivity contribution is -0.126. The number of carbonyl (C=O) groups is 2. The number of rotatable bonds is 5. The first-order valence-electron chi connectivity index (χ1n) is 9.30. The quantitative estimate of drug-likeness (QED) is 0.625. The van der Waals surface area contributed by atoms with Crippen LogP contribution < -0.4 is 4.74 Å². The lowest BCUT2D eigenvalue weighted by Crippen LogP contribution is -2.23. The number of para-hydroxylation sites is 1. The number of likely N-dealkylation sites (N-methyl/N-ethyl adjacent to an activating group) is 1. The van der Waals surface area contributed by atoms with Gasteiger partial charge in [0.1, 0.15) is 11.9 Å². The SMILES string of the molecule is COc1ccc(-c2cc(C(=O)OC3CC(=O)N(C)C3)nn2-c2ccccc2)cc1. The van der Waals surface area contributed by atoms with Crippen molar-refractivity contribution in [2.45, 2.75) is 12.5 Å². The number of ether oxygens (including phenoxy) is 2. The highest BCUT2D eigenvalue weighted by molar-refractivity contribution is 5.90. The zero-order chi connectivity index (χ0) is 20.4. The molecule has 0 bridgehead atoms. The normalized spacial score (nSPS) is 16.1. The second-order valence-electron chi connectivity index (χ2n) is 6.90. The third-order valence-corrected chi connectivity index (χ3v) is 4.88. The van der Waals surface area contributed by atoms with Gasteiger partial charge in [-0.1, -0.05) is 18.2 Å². The van der Waals surface area contributed by atoms with Crippen LogP contribution in [0, 0.1) is 0 Å². The van der Waals surface area contributed by atoms with Crippen molar-refractivity contribution in [3.63, 3.8) is 0 Å². The summed E-state index contributed by atoms with van der Waals surface area (Å²) in [7, 11) is 3.31. The number of hydrogen-bond acceptors (Lipinski definition) is 5. The molecule has 0 N–H and O–H groups in total. The highest BCUT2D eigenvalue weighted by Gasteiger charge is 2.31. The Morgan fingerprint density at radius 1 is 1.10 bits per heavy atom. The Labute approximate surface area is 168 Å². The molecule has 1 amide bonds. The Hall–Kier alpha value is -3.61. The molecule has 2 aromatic carbocycles. The topological polar surface area (TPSA) is 73.7 Å². The third kappa shape index (κ3) is 3.85. The van der Waals surface area contributed by atoms with Gasteiger partial charge in [-0.25, -0.2) is 9.48 Å². The summed E-state index contributed by atoms with van der Waals surface area (Å²) >= 11 is 0. The molecule has 7 heteroatoms. The van der Waals surface area contributed by atoms with Crippen LogP contribution in [0.1, 0.15) is 16.9 Å². The maximum Gasteiger partial charge on any atom is 0.359 e. The first-order chi connectivity index (χ1) is 14.0. The Bertz CT molecular complexity index is 1030. The van der Waals surface area contributed by atoms with E-state index in [9.17, 15) is 9.59 Å². The maximum absolute atomic E-state index is 12.7. The second kappa shape index (κ2) is 7.79. The van der Waals surface area contributed by atoms with Gasteiger partial charge in [0.25, 0.3) is 0 Å². The van der Waals surface area contributed by atoms with Crippen LogP contribution in [0.5, 0.6) is 5.75 Å². The summed E-state index contributed by atoms with van der Waals surface area (Å²) in [5.74, 6) is 0.174. The van der Waals surface area contributed by atoms with Gasteiger partial charge in [-0.2, -0.15) is 5.10 Å². The van der Waals surface area contributed by atoms with Gasteiger partial charge in [0.05, 0.1) is 31.5 Å². The van der Waals surface area contributed by atoms with Gasteiger partial charge in [0.2, 0.25) is 5.91 Å².